The maximum atomic E-state index is 13.2. The summed E-state index contributed by atoms with van der Waals surface area (Å²) >= 11 is 5.99. The molecule has 2 atom stereocenters. The van der Waals surface area contributed by atoms with Crippen LogP contribution in [0.1, 0.15) is 25.3 Å². The van der Waals surface area contributed by atoms with Gasteiger partial charge < -0.3 is 15.5 Å². The minimum Gasteiger partial charge on any atom is -0.326 e. The Morgan fingerprint density at radius 1 is 1.15 bits per heavy atom. The van der Waals surface area contributed by atoms with E-state index in [-0.39, 0.29) is 23.8 Å². The molecule has 6 heteroatoms. The zero-order valence-corrected chi connectivity index (χ0v) is 16.5. The lowest BCUT2D eigenvalue weighted by Crippen LogP contribution is -2.54. The molecular weight excluding hydrogens is 362 g/mol. The van der Waals surface area contributed by atoms with Crippen molar-refractivity contribution in [2.24, 2.45) is 0 Å². The van der Waals surface area contributed by atoms with Crippen LogP contribution >= 0.6 is 11.6 Å². The molecule has 0 radical (unpaired) electrons. The summed E-state index contributed by atoms with van der Waals surface area (Å²) in [6, 6.07) is 16.6. The average molecular weight is 386 g/mol. The molecule has 142 valence electrons. The summed E-state index contributed by atoms with van der Waals surface area (Å²) in [5.74, 6) is -0.608. The number of likely N-dealkylation sites (N-methyl/N-ethyl adjacent to an activating group) is 1. The van der Waals surface area contributed by atoms with Crippen molar-refractivity contribution in [1.29, 1.82) is 0 Å². The lowest BCUT2D eigenvalue weighted by molar-refractivity contribution is -0.140. The molecule has 0 aliphatic carbocycles. The number of halogens is 1. The number of rotatable bonds is 5. The first kappa shape index (κ1) is 19.4. The first-order valence-electron chi connectivity index (χ1n) is 8.95. The van der Waals surface area contributed by atoms with Crippen LogP contribution in [0.4, 0.5) is 5.69 Å². The van der Waals surface area contributed by atoms with E-state index < -0.39 is 5.54 Å². The number of hydrogen-bond donors (Lipinski definition) is 2. The van der Waals surface area contributed by atoms with Crippen LogP contribution < -0.4 is 10.6 Å². The second-order valence-corrected chi connectivity index (χ2v) is 7.69. The Labute approximate surface area is 164 Å². The summed E-state index contributed by atoms with van der Waals surface area (Å²) in [5, 5.41) is 6.64. The zero-order chi connectivity index (χ0) is 19.6. The van der Waals surface area contributed by atoms with Crippen LogP contribution in [0.15, 0.2) is 54.6 Å². The zero-order valence-electron chi connectivity index (χ0n) is 15.7. The van der Waals surface area contributed by atoms with Gasteiger partial charge in [0, 0.05) is 23.3 Å². The molecule has 2 aromatic rings. The molecule has 5 nitrogen and oxygen atoms in total. The number of carbonyl (C=O) groups excluding carboxylic acids is 2. The Balaban J connectivity index is 1.83. The van der Waals surface area contributed by atoms with Gasteiger partial charge in [-0.2, -0.15) is 0 Å². The molecule has 1 saturated heterocycles. The van der Waals surface area contributed by atoms with Crippen molar-refractivity contribution < 1.29 is 9.59 Å². The van der Waals surface area contributed by atoms with Gasteiger partial charge >= 0.3 is 0 Å². The van der Waals surface area contributed by atoms with E-state index in [0.29, 0.717) is 17.3 Å². The molecule has 1 aliphatic rings. The maximum absolute atomic E-state index is 13.2. The van der Waals surface area contributed by atoms with Crippen molar-refractivity contribution in [3.05, 3.63) is 65.2 Å². The predicted octanol–water partition coefficient (Wildman–Crippen LogP) is 3.27. The maximum Gasteiger partial charge on any atom is 0.249 e. The largest absolute Gasteiger partial charge is 0.326 e. The van der Waals surface area contributed by atoms with E-state index in [1.54, 1.807) is 43.0 Å². The van der Waals surface area contributed by atoms with Gasteiger partial charge in [-0.3, -0.25) is 9.59 Å². The third kappa shape index (κ3) is 3.84. The van der Waals surface area contributed by atoms with E-state index in [0.717, 1.165) is 5.56 Å². The van der Waals surface area contributed by atoms with Gasteiger partial charge in [-0.15, -0.1) is 0 Å². The minimum absolute atomic E-state index is 0.0493. The second kappa shape index (κ2) is 7.71. The van der Waals surface area contributed by atoms with Crippen molar-refractivity contribution in [2.75, 3.05) is 18.9 Å². The highest BCUT2D eigenvalue weighted by Gasteiger charge is 2.48. The van der Waals surface area contributed by atoms with Crippen LogP contribution in [0.3, 0.4) is 0 Å². The molecule has 0 bridgehead atoms. The van der Waals surface area contributed by atoms with Crippen molar-refractivity contribution in [2.45, 2.75) is 31.3 Å². The highest BCUT2D eigenvalue weighted by Crippen LogP contribution is 2.34. The van der Waals surface area contributed by atoms with Gasteiger partial charge in [0.2, 0.25) is 11.8 Å². The summed E-state index contributed by atoms with van der Waals surface area (Å²) in [4.78, 5) is 27.8. The average Bonchev–Trinajstić information content (AvgIpc) is 2.99. The third-order valence-corrected chi connectivity index (χ3v) is 5.39. The van der Waals surface area contributed by atoms with E-state index in [9.17, 15) is 9.59 Å². The molecule has 0 spiro atoms. The van der Waals surface area contributed by atoms with Gasteiger partial charge in [-0.25, -0.2) is 0 Å². The number of hydrogen-bond acceptors (Lipinski definition) is 3. The van der Waals surface area contributed by atoms with E-state index >= 15 is 0 Å². The summed E-state index contributed by atoms with van der Waals surface area (Å²) in [6.07, 6.45) is 0. The molecule has 2 N–H and O–H groups in total. The molecule has 1 fully saturated rings. The molecule has 2 aromatic carbocycles. The van der Waals surface area contributed by atoms with E-state index in [1.165, 1.54) is 0 Å². The second-order valence-electron chi connectivity index (χ2n) is 7.26. The van der Waals surface area contributed by atoms with Crippen LogP contribution in [-0.2, 0) is 9.59 Å². The van der Waals surface area contributed by atoms with Crippen LogP contribution in [-0.4, -0.2) is 41.9 Å². The fourth-order valence-electron chi connectivity index (χ4n) is 3.50. The predicted molar refractivity (Wildman–Crippen MR) is 108 cm³/mol. The SMILES string of the molecule is CNC1CN(C(C)(C)C(=O)Nc2cccc(Cl)c2)C(=O)C1c1ccccc1. The Morgan fingerprint density at radius 2 is 1.85 bits per heavy atom. The first-order valence-corrected chi connectivity index (χ1v) is 9.33. The lowest BCUT2D eigenvalue weighted by Gasteiger charge is -2.34. The van der Waals surface area contributed by atoms with Crippen molar-refractivity contribution in [3.8, 4) is 0 Å². The molecule has 1 heterocycles. The van der Waals surface area contributed by atoms with Crippen molar-refractivity contribution in [3.63, 3.8) is 0 Å². The highest BCUT2D eigenvalue weighted by atomic mass is 35.5. The third-order valence-electron chi connectivity index (χ3n) is 5.16. The fourth-order valence-corrected chi connectivity index (χ4v) is 3.69. The molecule has 27 heavy (non-hydrogen) atoms. The number of nitrogens with zero attached hydrogens (tertiary/aromatic N) is 1. The lowest BCUT2D eigenvalue weighted by atomic mass is 9.93. The number of benzene rings is 2. The number of nitrogens with one attached hydrogen (secondary N) is 2. The summed E-state index contributed by atoms with van der Waals surface area (Å²) in [6.45, 7) is 4.00. The standard InChI is InChI=1S/C21H24ClN3O2/c1-21(2,20(27)24-16-11-7-10-15(22)12-16)25-13-17(23-3)18(19(25)26)14-8-5-4-6-9-14/h4-12,17-18,23H,13H2,1-3H3,(H,24,27). The molecule has 2 amide bonds. The number of carbonyl (C=O) groups is 2. The molecule has 3 rings (SSSR count). The van der Waals surface area contributed by atoms with Crippen LogP contribution in [0.25, 0.3) is 0 Å². The number of likely N-dealkylation sites (tertiary alicyclic amines) is 1. The molecule has 0 saturated carbocycles. The van der Waals surface area contributed by atoms with E-state index in [1.807, 2.05) is 37.4 Å². The molecule has 1 aliphatic heterocycles. The Hall–Kier alpha value is -2.37. The Kier molecular flexibility index (Phi) is 5.53. The Morgan fingerprint density at radius 3 is 2.48 bits per heavy atom. The summed E-state index contributed by atoms with van der Waals surface area (Å²) < 4.78 is 0. The molecule has 2 unspecified atom stereocenters. The number of amides is 2. The summed E-state index contributed by atoms with van der Waals surface area (Å²) in [5.41, 5.74) is 0.560. The number of anilines is 1. The van der Waals surface area contributed by atoms with Gasteiger partial charge in [-0.1, -0.05) is 48.0 Å². The smallest absolute Gasteiger partial charge is 0.249 e. The minimum atomic E-state index is -1.00. The van der Waals surface area contributed by atoms with Crippen molar-refractivity contribution in [1.82, 2.24) is 10.2 Å². The first-order chi connectivity index (χ1) is 12.8. The molecular formula is C21H24ClN3O2. The van der Waals surface area contributed by atoms with E-state index in [2.05, 4.69) is 10.6 Å². The van der Waals surface area contributed by atoms with Crippen LogP contribution in [0.5, 0.6) is 0 Å². The fraction of sp³-hybridized carbons (Fsp3) is 0.333. The van der Waals surface area contributed by atoms with Gasteiger partial charge in [-0.05, 0) is 44.7 Å². The Bertz CT molecular complexity index is 838. The van der Waals surface area contributed by atoms with Gasteiger partial charge in [0.1, 0.15) is 5.54 Å². The topological polar surface area (TPSA) is 61.4 Å². The van der Waals surface area contributed by atoms with Crippen molar-refractivity contribution >= 4 is 29.1 Å². The van der Waals surface area contributed by atoms with E-state index in [4.69, 9.17) is 11.6 Å². The quantitative estimate of drug-likeness (QED) is 0.830. The van der Waals surface area contributed by atoms with Gasteiger partial charge in [0.15, 0.2) is 0 Å². The van der Waals surface area contributed by atoms with Crippen LogP contribution in [0, 0.1) is 0 Å². The highest BCUT2D eigenvalue weighted by molar-refractivity contribution is 6.30. The summed E-state index contributed by atoms with van der Waals surface area (Å²) in [7, 11) is 1.84. The van der Waals surface area contributed by atoms with Crippen LogP contribution in [0.2, 0.25) is 5.02 Å². The monoisotopic (exact) mass is 385 g/mol. The van der Waals surface area contributed by atoms with Gasteiger partial charge in [0.05, 0.1) is 5.92 Å². The van der Waals surface area contributed by atoms with Gasteiger partial charge in [0.25, 0.3) is 0 Å². The normalized spacial score (nSPS) is 20.0. The molecule has 0 aromatic heterocycles.